The van der Waals surface area contributed by atoms with Gasteiger partial charge in [0.2, 0.25) is 0 Å². The summed E-state index contributed by atoms with van der Waals surface area (Å²) in [5, 5.41) is 12.8. The van der Waals surface area contributed by atoms with Crippen molar-refractivity contribution in [3.8, 4) is 0 Å². The molecule has 1 atom stereocenters. The van der Waals surface area contributed by atoms with Crippen LogP contribution in [-0.2, 0) is 0 Å². The van der Waals surface area contributed by atoms with Gasteiger partial charge in [-0.15, -0.1) is 0 Å². The van der Waals surface area contributed by atoms with E-state index < -0.39 is 0 Å². The van der Waals surface area contributed by atoms with E-state index in [0.29, 0.717) is 23.8 Å². The van der Waals surface area contributed by atoms with Crippen molar-refractivity contribution in [1.29, 1.82) is 0 Å². The number of anilines is 2. The molecule has 0 amide bonds. The van der Waals surface area contributed by atoms with Crippen LogP contribution in [0.5, 0.6) is 0 Å². The molecule has 0 saturated heterocycles. The number of nitrogens with two attached hydrogens (primary N) is 1. The van der Waals surface area contributed by atoms with Crippen LogP contribution >= 0.6 is 0 Å². The van der Waals surface area contributed by atoms with Crippen molar-refractivity contribution in [2.75, 3.05) is 17.3 Å². The number of nitrogen functional groups attached to an aromatic ring is 1. The number of hydrogen-bond acceptors (Lipinski definition) is 6. The van der Waals surface area contributed by atoms with Crippen LogP contribution in [0, 0.1) is 0 Å². The highest BCUT2D eigenvalue weighted by Crippen LogP contribution is 2.15. The van der Waals surface area contributed by atoms with Gasteiger partial charge >= 0.3 is 0 Å². The number of hydrazine groups is 1. The summed E-state index contributed by atoms with van der Waals surface area (Å²) in [6, 6.07) is 0. The number of nitrogens with zero attached hydrogens (tertiary/aromatic N) is 3. The minimum atomic E-state index is -0.388. The van der Waals surface area contributed by atoms with Crippen LogP contribution in [0.3, 0.4) is 0 Å². The molecule has 0 aliphatic rings. The van der Waals surface area contributed by atoms with Gasteiger partial charge in [-0.2, -0.15) is 0 Å². The number of aliphatic hydroxyl groups excluding tert-OH is 1. The first-order valence-corrected chi connectivity index (χ1v) is 5.97. The van der Waals surface area contributed by atoms with Crippen LogP contribution in [0.2, 0.25) is 0 Å². The lowest BCUT2D eigenvalue weighted by Crippen LogP contribution is -2.20. The second-order valence-electron chi connectivity index (χ2n) is 4.10. The lowest BCUT2D eigenvalue weighted by molar-refractivity contribution is 0.176. The van der Waals surface area contributed by atoms with Crippen molar-refractivity contribution in [2.24, 2.45) is 5.84 Å². The standard InChI is InChI=1S/C11H18N6O/c1-2-3-8(18)6-14-10-11-13-4-5-17(11)7-9(15-10)16-12/h4-5,7-8,16,18H,2-3,6,12H2,1H3,(H,14,15). The molecule has 18 heavy (non-hydrogen) atoms. The summed E-state index contributed by atoms with van der Waals surface area (Å²) in [6.07, 6.45) is 6.56. The highest BCUT2D eigenvalue weighted by Gasteiger charge is 2.09. The van der Waals surface area contributed by atoms with E-state index in [1.54, 1.807) is 12.4 Å². The summed E-state index contributed by atoms with van der Waals surface area (Å²) < 4.78 is 1.82. The topological polar surface area (TPSA) is 100 Å². The molecule has 7 heteroatoms. The van der Waals surface area contributed by atoms with Gasteiger partial charge in [0, 0.05) is 18.9 Å². The molecule has 0 aliphatic heterocycles. The quantitative estimate of drug-likeness (QED) is 0.442. The van der Waals surface area contributed by atoms with Gasteiger partial charge in [0.05, 0.1) is 12.3 Å². The second kappa shape index (κ2) is 5.65. The van der Waals surface area contributed by atoms with Gasteiger partial charge in [-0.05, 0) is 6.42 Å². The zero-order chi connectivity index (χ0) is 13.0. The number of nitrogens with one attached hydrogen (secondary N) is 2. The lowest BCUT2D eigenvalue weighted by Gasteiger charge is -2.12. The number of fused-ring (bicyclic) bond motifs is 1. The summed E-state index contributed by atoms with van der Waals surface area (Å²) in [4.78, 5) is 8.49. The summed E-state index contributed by atoms with van der Waals surface area (Å²) in [6.45, 7) is 2.48. The normalized spacial score (nSPS) is 12.6. The zero-order valence-corrected chi connectivity index (χ0v) is 10.3. The van der Waals surface area contributed by atoms with E-state index >= 15 is 0 Å². The zero-order valence-electron chi connectivity index (χ0n) is 10.3. The highest BCUT2D eigenvalue weighted by molar-refractivity contribution is 5.65. The predicted molar refractivity (Wildman–Crippen MR) is 70.2 cm³/mol. The van der Waals surface area contributed by atoms with E-state index in [1.165, 1.54) is 0 Å². The van der Waals surface area contributed by atoms with Crippen molar-refractivity contribution in [1.82, 2.24) is 14.4 Å². The van der Waals surface area contributed by atoms with E-state index in [1.807, 2.05) is 17.5 Å². The van der Waals surface area contributed by atoms with Gasteiger partial charge in [0.1, 0.15) is 0 Å². The second-order valence-corrected chi connectivity index (χ2v) is 4.10. The summed E-state index contributed by atoms with van der Waals surface area (Å²) in [7, 11) is 0. The number of hydrogen-bond donors (Lipinski definition) is 4. The first kappa shape index (κ1) is 12.6. The molecule has 2 aromatic rings. The number of aliphatic hydroxyl groups is 1. The fourth-order valence-corrected chi connectivity index (χ4v) is 1.77. The van der Waals surface area contributed by atoms with Crippen molar-refractivity contribution in [3.05, 3.63) is 18.6 Å². The van der Waals surface area contributed by atoms with Crippen molar-refractivity contribution in [2.45, 2.75) is 25.9 Å². The van der Waals surface area contributed by atoms with Gasteiger partial charge in [0.25, 0.3) is 0 Å². The Labute approximate surface area is 105 Å². The minimum Gasteiger partial charge on any atom is -0.391 e. The Balaban J connectivity index is 2.18. The molecule has 2 aromatic heterocycles. The van der Waals surface area contributed by atoms with Crippen molar-refractivity contribution >= 4 is 17.3 Å². The summed E-state index contributed by atoms with van der Waals surface area (Å²) in [5.74, 6) is 6.50. The lowest BCUT2D eigenvalue weighted by atomic mass is 10.2. The monoisotopic (exact) mass is 250 g/mol. The van der Waals surface area contributed by atoms with Crippen molar-refractivity contribution in [3.63, 3.8) is 0 Å². The molecular weight excluding hydrogens is 232 g/mol. The number of aromatic nitrogens is 3. The Morgan fingerprint density at radius 2 is 2.39 bits per heavy atom. The number of rotatable bonds is 6. The maximum Gasteiger partial charge on any atom is 0.180 e. The molecule has 0 aliphatic carbocycles. The molecule has 0 fully saturated rings. The summed E-state index contributed by atoms with van der Waals surface area (Å²) in [5.41, 5.74) is 3.21. The van der Waals surface area contributed by atoms with Crippen LogP contribution in [-0.4, -0.2) is 32.1 Å². The maximum absolute atomic E-state index is 9.70. The predicted octanol–water partition coefficient (Wildman–Crippen LogP) is 0.588. The van der Waals surface area contributed by atoms with Crippen LogP contribution in [0.15, 0.2) is 18.6 Å². The molecule has 98 valence electrons. The molecule has 0 saturated carbocycles. The fraction of sp³-hybridized carbons (Fsp3) is 0.455. The van der Waals surface area contributed by atoms with E-state index in [2.05, 4.69) is 20.7 Å². The minimum absolute atomic E-state index is 0.388. The smallest absolute Gasteiger partial charge is 0.180 e. The van der Waals surface area contributed by atoms with E-state index in [4.69, 9.17) is 5.84 Å². The van der Waals surface area contributed by atoms with Gasteiger partial charge < -0.3 is 20.2 Å². The maximum atomic E-state index is 9.70. The molecule has 2 heterocycles. The molecule has 5 N–H and O–H groups in total. The molecule has 0 aromatic carbocycles. The Kier molecular flexibility index (Phi) is 3.96. The van der Waals surface area contributed by atoms with Crippen LogP contribution in [0.25, 0.3) is 5.65 Å². The third-order valence-corrected chi connectivity index (χ3v) is 2.65. The molecular formula is C11H18N6O. The molecule has 0 radical (unpaired) electrons. The first-order valence-electron chi connectivity index (χ1n) is 5.97. The van der Waals surface area contributed by atoms with Gasteiger partial charge in [-0.3, -0.25) is 0 Å². The Morgan fingerprint density at radius 3 is 3.11 bits per heavy atom. The largest absolute Gasteiger partial charge is 0.391 e. The molecule has 2 rings (SSSR count). The van der Waals surface area contributed by atoms with Crippen molar-refractivity contribution < 1.29 is 5.11 Å². The van der Waals surface area contributed by atoms with E-state index in [-0.39, 0.29) is 6.10 Å². The molecule has 0 bridgehead atoms. The van der Waals surface area contributed by atoms with Crippen LogP contribution in [0.1, 0.15) is 19.8 Å². The first-order chi connectivity index (χ1) is 8.74. The average molecular weight is 250 g/mol. The van der Waals surface area contributed by atoms with E-state index in [9.17, 15) is 5.11 Å². The molecule has 1 unspecified atom stereocenters. The Morgan fingerprint density at radius 1 is 1.56 bits per heavy atom. The van der Waals surface area contributed by atoms with Gasteiger partial charge in [-0.1, -0.05) is 13.3 Å². The SMILES string of the molecule is CCCC(O)CNc1nc(NN)cn2ccnc12. The fourth-order valence-electron chi connectivity index (χ4n) is 1.77. The van der Waals surface area contributed by atoms with E-state index in [0.717, 1.165) is 12.8 Å². The van der Waals surface area contributed by atoms with Crippen LogP contribution < -0.4 is 16.6 Å². The molecule has 0 spiro atoms. The highest BCUT2D eigenvalue weighted by atomic mass is 16.3. The number of imidazole rings is 1. The Hall–Kier alpha value is -1.86. The van der Waals surface area contributed by atoms with Gasteiger partial charge in [0.15, 0.2) is 17.3 Å². The molecule has 7 nitrogen and oxygen atoms in total. The third-order valence-electron chi connectivity index (χ3n) is 2.65. The average Bonchev–Trinajstić information content (AvgIpc) is 2.84. The Bertz CT molecular complexity index is 511. The van der Waals surface area contributed by atoms with Gasteiger partial charge in [-0.25, -0.2) is 15.8 Å². The van der Waals surface area contributed by atoms with Crippen LogP contribution in [0.4, 0.5) is 11.6 Å². The third kappa shape index (κ3) is 2.69. The summed E-state index contributed by atoms with van der Waals surface area (Å²) >= 11 is 0.